The third kappa shape index (κ3) is 3.52. The van der Waals surface area contributed by atoms with Gasteiger partial charge in [0.1, 0.15) is 12.1 Å². The predicted octanol–water partition coefficient (Wildman–Crippen LogP) is -0.240. The molecule has 1 aliphatic rings. The van der Waals surface area contributed by atoms with Crippen LogP contribution in [0.15, 0.2) is 0 Å². The first-order valence-corrected chi connectivity index (χ1v) is 6.58. The maximum absolute atomic E-state index is 11.9. The Balaban J connectivity index is 2.63. The van der Waals surface area contributed by atoms with Crippen LogP contribution in [0.3, 0.4) is 0 Å². The molecule has 2 atom stereocenters. The summed E-state index contributed by atoms with van der Waals surface area (Å²) in [6.45, 7) is 1.83. The molecule has 18 heavy (non-hydrogen) atoms. The van der Waals surface area contributed by atoms with E-state index in [1.807, 2.05) is 0 Å². The number of urea groups is 1. The van der Waals surface area contributed by atoms with Crippen LogP contribution in [-0.4, -0.2) is 65.2 Å². The van der Waals surface area contributed by atoms with E-state index < -0.39 is 30.1 Å². The van der Waals surface area contributed by atoms with Crippen LogP contribution >= 0.6 is 11.8 Å². The molecule has 2 amide bonds. The van der Waals surface area contributed by atoms with Crippen molar-refractivity contribution in [3.8, 4) is 0 Å². The van der Waals surface area contributed by atoms with E-state index in [2.05, 4.69) is 10.1 Å². The van der Waals surface area contributed by atoms with Crippen LogP contribution in [0.5, 0.6) is 0 Å². The highest BCUT2D eigenvalue weighted by molar-refractivity contribution is 7.99. The van der Waals surface area contributed by atoms with E-state index in [0.717, 1.165) is 0 Å². The number of carboxylic acids is 1. The van der Waals surface area contributed by atoms with E-state index >= 15 is 0 Å². The molecule has 8 heteroatoms. The maximum atomic E-state index is 11.9. The van der Waals surface area contributed by atoms with Crippen molar-refractivity contribution in [1.29, 1.82) is 0 Å². The Kier molecular flexibility index (Phi) is 5.26. The zero-order chi connectivity index (χ0) is 13.7. The minimum atomic E-state index is -1.04. The SMILES string of the molecule is COC(=O)C(C)NC(=O)N1CCSCC1C(=O)O. The molecule has 0 aliphatic carbocycles. The number of carbonyl (C=O) groups is 3. The van der Waals surface area contributed by atoms with Crippen molar-refractivity contribution in [3.63, 3.8) is 0 Å². The average Bonchev–Trinajstić information content (AvgIpc) is 2.37. The van der Waals surface area contributed by atoms with Gasteiger partial charge in [0.05, 0.1) is 7.11 Å². The van der Waals surface area contributed by atoms with Crippen molar-refractivity contribution >= 4 is 29.7 Å². The fourth-order valence-electron chi connectivity index (χ4n) is 1.56. The highest BCUT2D eigenvalue weighted by atomic mass is 32.2. The lowest BCUT2D eigenvalue weighted by atomic mass is 10.3. The Labute approximate surface area is 109 Å². The van der Waals surface area contributed by atoms with Crippen molar-refractivity contribution in [3.05, 3.63) is 0 Å². The molecular weight excluding hydrogens is 260 g/mol. The quantitative estimate of drug-likeness (QED) is 0.691. The van der Waals surface area contributed by atoms with Gasteiger partial charge in [0.25, 0.3) is 0 Å². The fraction of sp³-hybridized carbons (Fsp3) is 0.700. The Morgan fingerprint density at radius 1 is 1.50 bits per heavy atom. The molecule has 1 rings (SSSR count). The van der Waals surface area contributed by atoms with Crippen LogP contribution in [0.25, 0.3) is 0 Å². The summed E-state index contributed by atoms with van der Waals surface area (Å²) in [5.74, 6) is -0.566. The van der Waals surface area contributed by atoms with Crippen molar-refractivity contribution in [2.75, 3.05) is 25.2 Å². The molecule has 0 aromatic carbocycles. The van der Waals surface area contributed by atoms with Gasteiger partial charge >= 0.3 is 18.0 Å². The monoisotopic (exact) mass is 276 g/mol. The number of esters is 1. The Morgan fingerprint density at radius 3 is 2.72 bits per heavy atom. The summed E-state index contributed by atoms with van der Waals surface area (Å²) in [6.07, 6.45) is 0. The highest BCUT2D eigenvalue weighted by Crippen LogP contribution is 2.16. The van der Waals surface area contributed by atoms with E-state index in [4.69, 9.17) is 5.11 Å². The van der Waals surface area contributed by atoms with Gasteiger partial charge < -0.3 is 20.1 Å². The zero-order valence-corrected chi connectivity index (χ0v) is 11.0. The second-order valence-corrected chi connectivity index (χ2v) is 4.97. The number of hydrogen-bond donors (Lipinski definition) is 2. The summed E-state index contributed by atoms with van der Waals surface area (Å²) in [5.41, 5.74) is 0. The first-order chi connectivity index (χ1) is 8.47. The smallest absolute Gasteiger partial charge is 0.328 e. The van der Waals surface area contributed by atoms with Gasteiger partial charge in [-0.3, -0.25) is 0 Å². The van der Waals surface area contributed by atoms with Crippen molar-refractivity contribution in [1.82, 2.24) is 10.2 Å². The molecule has 1 fully saturated rings. The Hall–Kier alpha value is -1.44. The third-order valence-electron chi connectivity index (χ3n) is 2.57. The average molecular weight is 276 g/mol. The van der Waals surface area contributed by atoms with Crippen LogP contribution in [0.1, 0.15) is 6.92 Å². The van der Waals surface area contributed by atoms with E-state index in [-0.39, 0.29) is 0 Å². The zero-order valence-electron chi connectivity index (χ0n) is 10.2. The summed E-state index contributed by atoms with van der Waals surface area (Å²) >= 11 is 1.49. The predicted molar refractivity (Wildman–Crippen MR) is 65.5 cm³/mol. The van der Waals surface area contributed by atoms with E-state index in [1.54, 1.807) is 0 Å². The highest BCUT2D eigenvalue weighted by Gasteiger charge is 2.33. The number of thioether (sulfide) groups is 1. The fourth-order valence-corrected chi connectivity index (χ4v) is 2.59. The van der Waals surface area contributed by atoms with Gasteiger partial charge in [-0.25, -0.2) is 14.4 Å². The minimum Gasteiger partial charge on any atom is -0.480 e. The Bertz CT molecular complexity index is 349. The van der Waals surface area contributed by atoms with Crippen LogP contribution in [0.4, 0.5) is 4.79 Å². The van der Waals surface area contributed by atoms with Crippen LogP contribution < -0.4 is 5.32 Å². The number of amides is 2. The molecular formula is C10H16N2O5S. The number of nitrogens with zero attached hydrogens (tertiary/aromatic N) is 1. The standard InChI is InChI=1S/C10H16N2O5S/c1-6(9(15)17-2)11-10(16)12-3-4-18-5-7(12)8(13)14/h6-7H,3-5H2,1-2H3,(H,11,16)(H,13,14). The first kappa shape index (κ1) is 14.6. The molecule has 0 bridgehead atoms. The molecule has 2 N–H and O–H groups in total. The number of ether oxygens (including phenoxy) is 1. The van der Waals surface area contributed by atoms with Gasteiger partial charge in [-0.2, -0.15) is 11.8 Å². The first-order valence-electron chi connectivity index (χ1n) is 5.43. The number of hydrogen-bond acceptors (Lipinski definition) is 5. The van der Waals surface area contributed by atoms with Crippen molar-refractivity contribution < 1.29 is 24.2 Å². The summed E-state index contributed by atoms with van der Waals surface area (Å²) in [7, 11) is 1.22. The van der Waals surface area contributed by atoms with Gasteiger partial charge in [0.2, 0.25) is 0 Å². The summed E-state index contributed by atoms with van der Waals surface area (Å²) < 4.78 is 4.48. The molecule has 2 unspecified atom stereocenters. The number of methoxy groups -OCH3 is 1. The lowest BCUT2D eigenvalue weighted by Gasteiger charge is -2.33. The Morgan fingerprint density at radius 2 is 2.17 bits per heavy atom. The maximum Gasteiger partial charge on any atom is 0.328 e. The van der Waals surface area contributed by atoms with E-state index in [0.29, 0.717) is 18.1 Å². The van der Waals surface area contributed by atoms with Crippen LogP contribution in [0.2, 0.25) is 0 Å². The van der Waals surface area contributed by atoms with Crippen LogP contribution in [-0.2, 0) is 14.3 Å². The number of rotatable bonds is 3. The number of carboxylic acid groups (broad SMARTS) is 1. The normalized spacial score (nSPS) is 21.0. The molecule has 0 spiro atoms. The van der Waals surface area contributed by atoms with Crippen LogP contribution in [0, 0.1) is 0 Å². The minimum absolute atomic E-state index is 0.349. The molecule has 7 nitrogen and oxygen atoms in total. The lowest BCUT2D eigenvalue weighted by Crippen LogP contribution is -2.56. The van der Waals surface area contributed by atoms with E-state index in [1.165, 1.54) is 30.7 Å². The van der Waals surface area contributed by atoms with Gasteiger partial charge in [-0.1, -0.05) is 0 Å². The second-order valence-electron chi connectivity index (χ2n) is 3.82. The lowest BCUT2D eigenvalue weighted by molar-refractivity contribution is -0.142. The third-order valence-corrected chi connectivity index (χ3v) is 3.59. The molecule has 1 saturated heterocycles. The molecule has 0 aromatic heterocycles. The molecule has 0 radical (unpaired) electrons. The summed E-state index contributed by atoms with van der Waals surface area (Å²) in [4.78, 5) is 35.3. The van der Waals surface area contributed by atoms with Gasteiger partial charge in [0, 0.05) is 18.1 Å². The largest absolute Gasteiger partial charge is 0.480 e. The molecule has 1 aliphatic heterocycles. The summed E-state index contributed by atoms with van der Waals surface area (Å²) in [5, 5.41) is 11.4. The second kappa shape index (κ2) is 6.48. The molecule has 102 valence electrons. The number of nitrogens with one attached hydrogen (secondary N) is 1. The molecule has 1 heterocycles. The number of carbonyl (C=O) groups excluding carboxylic acids is 2. The van der Waals surface area contributed by atoms with Gasteiger partial charge in [0.15, 0.2) is 0 Å². The van der Waals surface area contributed by atoms with Gasteiger partial charge in [-0.05, 0) is 6.92 Å². The topological polar surface area (TPSA) is 95.9 Å². The van der Waals surface area contributed by atoms with Crippen molar-refractivity contribution in [2.45, 2.75) is 19.0 Å². The van der Waals surface area contributed by atoms with Crippen molar-refractivity contribution in [2.24, 2.45) is 0 Å². The molecule has 0 saturated carbocycles. The van der Waals surface area contributed by atoms with E-state index in [9.17, 15) is 14.4 Å². The number of aliphatic carboxylic acids is 1. The van der Waals surface area contributed by atoms with Gasteiger partial charge in [-0.15, -0.1) is 0 Å². The molecule has 0 aromatic rings. The summed E-state index contributed by atoms with van der Waals surface area (Å²) in [6, 6.07) is -2.21.